The summed E-state index contributed by atoms with van der Waals surface area (Å²) in [6.45, 7) is 1.98. The number of methoxy groups -OCH3 is 1. The number of para-hydroxylation sites is 1. The molecule has 3 heterocycles. The third-order valence-corrected chi connectivity index (χ3v) is 5.15. The van der Waals surface area contributed by atoms with E-state index in [1.807, 2.05) is 48.7 Å². The van der Waals surface area contributed by atoms with Crippen molar-refractivity contribution in [2.24, 2.45) is 0 Å². The van der Waals surface area contributed by atoms with Crippen molar-refractivity contribution in [3.63, 3.8) is 0 Å². The van der Waals surface area contributed by atoms with E-state index in [1.54, 1.807) is 31.6 Å². The number of hydrogen-bond donors (Lipinski definition) is 1. The van der Waals surface area contributed by atoms with Crippen LogP contribution in [0.5, 0.6) is 5.75 Å². The molecule has 29 heavy (non-hydrogen) atoms. The molecular weight excluding hydrogens is 384 g/mol. The molecule has 1 amide bonds. The number of anilines is 1. The predicted molar refractivity (Wildman–Crippen MR) is 114 cm³/mol. The third kappa shape index (κ3) is 3.86. The van der Waals surface area contributed by atoms with Crippen LogP contribution in [0, 0.1) is 6.92 Å². The Labute approximate surface area is 172 Å². The van der Waals surface area contributed by atoms with Crippen LogP contribution in [0.3, 0.4) is 0 Å². The average molecular weight is 402 g/mol. The Morgan fingerprint density at radius 3 is 2.55 bits per heavy atom. The Hall–Kier alpha value is -3.58. The molecule has 0 fully saturated rings. The Balaban J connectivity index is 1.63. The number of nitrogens with zero attached hydrogens (tertiary/aromatic N) is 3. The number of benzene rings is 1. The number of hydrogen-bond acceptors (Lipinski definition) is 6. The molecule has 1 aromatic carbocycles. The van der Waals surface area contributed by atoms with Crippen LogP contribution in [0.2, 0.25) is 0 Å². The van der Waals surface area contributed by atoms with E-state index in [2.05, 4.69) is 20.3 Å². The molecule has 0 unspecified atom stereocenters. The van der Waals surface area contributed by atoms with Crippen molar-refractivity contribution < 1.29 is 9.53 Å². The Morgan fingerprint density at radius 2 is 1.76 bits per heavy atom. The van der Waals surface area contributed by atoms with Gasteiger partial charge in [-0.15, -0.1) is 11.3 Å². The van der Waals surface area contributed by atoms with Gasteiger partial charge in [0.1, 0.15) is 11.4 Å². The Kier molecular flexibility index (Phi) is 5.31. The zero-order chi connectivity index (χ0) is 20.2. The van der Waals surface area contributed by atoms with Gasteiger partial charge in [0, 0.05) is 23.3 Å². The molecule has 4 aromatic rings. The lowest BCUT2D eigenvalue weighted by molar-refractivity contribution is 0.102. The second kappa shape index (κ2) is 8.20. The summed E-state index contributed by atoms with van der Waals surface area (Å²) < 4.78 is 5.43. The summed E-state index contributed by atoms with van der Waals surface area (Å²) in [6, 6.07) is 14.8. The van der Waals surface area contributed by atoms with E-state index in [4.69, 9.17) is 4.74 Å². The minimum absolute atomic E-state index is 0.280. The lowest BCUT2D eigenvalue weighted by Crippen LogP contribution is -2.14. The van der Waals surface area contributed by atoms with Crippen molar-refractivity contribution in [3.05, 3.63) is 77.4 Å². The highest BCUT2D eigenvalue weighted by Crippen LogP contribution is 2.31. The molecule has 6 nitrogen and oxygen atoms in total. The average Bonchev–Trinajstić information content (AvgIpc) is 3.22. The fourth-order valence-electron chi connectivity index (χ4n) is 3.00. The first-order chi connectivity index (χ1) is 14.2. The van der Waals surface area contributed by atoms with Crippen LogP contribution in [0.1, 0.15) is 15.9 Å². The van der Waals surface area contributed by atoms with Gasteiger partial charge in [0.05, 0.1) is 24.1 Å². The van der Waals surface area contributed by atoms with E-state index in [9.17, 15) is 4.79 Å². The number of carbonyl (C=O) groups excluding carboxylic acids is 1. The summed E-state index contributed by atoms with van der Waals surface area (Å²) >= 11 is 1.36. The largest absolute Gasteiger partial charge is 0.496 e. The first-order valence-corrected chi connectivity index (χ1v) is 9.82. The molecule has 0 saturated heterocycles. The molecule has 1 N–H and O–H groups in total. The van der Waals surface area contributed by atoms with Crippen molar-refractivity contribution in [2.45, 2.75) is 6.92 Å². The molecule has 7 heteroatoms. The number of rotatable bonds is 5. The lowest BCUT2D eigenvalue weighted by Gasteiger charge is -2.11. The number of aromatic nitrogens is 3. The van der Waals surface area contributed by atoms with E-state index in [0.29, 0.717) is 22.1 Å². The zero-order valence-corrected chi connectivity index (χ0v) is 16.7. The quantitative estimate of drug-likeness (QED) is 0.517. The normalized spacial score (nSPS) is 10.6. The summed E-state index contributed by atoms with van der Waals surface area (Å²) in [7, 11) is 1.60. The van der Waals surface area contributed by atoms with E-state index in [-0.39, 0.29) is 5.91 Å². The Bertz CT molecular complexity index is 1170. The van der Waals surface area contributed by atoms with E-state index in [0.717, 1.165) is 22.5 Å². The van der Waals surface area contributed by atoms with Gasteiger partial charge < -0.3 is 4.74 Å². The molecular formula is C22H18N4O2S. The zero-order valence-electron chi connectivity index (χ0n) is 15.9. The predicted octanol–water partition coefficient (Wildman–Crippen LogP) is 4.84. The standard InChI is InChI=1S/C22H18N4O2S/c1-14-7-5-11-23-19(14)17-13-29-22(25-17)26-21(27)16-9-6-12-24-20(16)15-8-3-4-10-18(15)28-2/h3-13H,1-2H3,(H,25,26,27). The summed E-state index contributed by atoms with van der Waals surface area (Å²) in [4.78, 5) is 26.3. The molecule has 0 aliphatic rings. The van der Waals surface area contributed by atoms with Gasteiger partial charge in [-0.2, -0.15) is 0 Å². The lowest BCUT2D eigenvalue weighted by atomic mass is 10.0. The van der Waals surface area contributed by atoms with Gasteiger partial charge in [-0.3, -0.25) is 20.1 Å². The number of aryl methyl sites for hydroxylation is 1. The van der Waals surface area contributed by atoms with Gasteiger partial charge in [-0.05, 0) is 42.8 Å². The van der Waals surface area contributed by atoms with Crippen molar-refractivity contribution in [2.75, 3.05) is 12.4 Å². The second-order valence-corrected chi connectivity index (χ2v) is 7.12. The van der Waals surface area contributed by atoms with Gasteiger partial charge >= 0.3 is 0 Å². The maximum Gasteiger partial charge on any atom is 0.259 e. The fraction of sp³-hybridized carbons (Fsp3) is 0.0909. The van der Waals surface area contributed by atoms with Crippen molar-refractivity contribution in [3.8, 4) is 28.4 Å². The highest BCUT2D eigenvalue weighted by atomic mass is 32.1. The number of nitrogens with one attached hydrogen (secondary N) is 1. The minimum Gasteiger partial charge on any atom is -0.496 e. The maximum absolute atomic E-state index is 13.0. The minimum atomic E-state index is -0.280. The number of pyridine rings is 2. The fourth-order valence-corrected chi connectivity index (χ4v) is 3.69. The molecule has 0 aliphatic heterocycles. The molecule has 0 atom stereocenters. The molecule has 144 valence electrons. The number of ether oxygens (including phenoxy) is 1. The summed E-state index contributed by atoms with van der Waals surface area (Å²) in [5.74, 6) is 0.375. The van der Waals surface area contributed by atoms with Gasteiger partial charge in [-0.25, -0.2) is 4.98 Å². The summed E-state index contributed by atoms with van der Waals surface area (Å²) in [6.07, 6.45) is 3.39. The highest BCUT2D eigenvalue weighted by molar-refractivity contribution is 7.14. The van der Waals surface area contributed by atoms with Gasteiger partial charge in [0.15, 0.2) is 5.13 Å². The number of carbonyl (C=O) groups is 1. The topological polar surface area (TPSA) is 77.0 Å². The van der Waals surface area contributed by atoms with Gasteiger partial charge in [0.2, 0.25) is 0 Å². The van der Waals surface area contributed by atoms with Gasteiger partial charge in [-0.1, -0.05) is 18.2 Å². The first-order valence-electron chi connectivity index (χ1n) is 8.94. The molecule has 0 spiro atoms. The molecule has 0 aliphatic carbocycles. The van der Waals surface area contributed by atoms with Crippen molar-refractivity contribution in [1.82, 2.24) is 15.0 Å². The molecule has 0 saturated carbocycles. The number of thiazole rings is 1. The van der Waals surface area contributed by atoms with E-state index >= 15 is 0 Å². The van der Waals surface area contributed by atoms with Gasteiger partial charge in [0.25, 0.3) is 5.91 Å². The van der Waals surface area contributed by atoms with Crippen molar-refractivity contribution >= 4 is 22.4 Å². The Morgan fingerprint density at radius 1 is 1.00 bits per heavy atom. The van der Waals surface area contributed by atoms with Crippen LogP contribution >= 0.6 is 11.3 Å². The monoisotopic (exact) mass is 402 g/mol. The first kappa shape index (κ1) is 18.8. The smallest absolute Gasteiger partial charge is 0.259 e. The second-order valence-electron chi connectivity index (χ2n) is 6.26. The van der Waals surface area contributed by atoms with Crippen LogP contribution in [0.15, 0.2) is 66.3 Å². The highest BCUT2D eigenvalue weighted by Gasteiger charge is 2.18. The molecule has 0 bridgehead atoms. The summed E-state index contributed by atoms with van der Waals surface area (Å²) in [5, 5.41) is 5.26. The van der Waals surface area contributed by atoms with Crippen LogP contribution in [-0.4, -0.2) is 28.0 Å². The number of amides is 1. The third-order valence-electron chi connectivity index (χ3n) is 4.39. The van der Waals surface area contributed by atoms with E-state index in [1.165, 1.54) is 11.3 Å². The van der Waals surface area contributed by atoms with Crippen molar-refractivity contribution in [1.29, 1.82) is 0 Å². The van der Waals surface area contributed by atoms with Crippen LogP contribution in [0.4, 0.5) is 5.13 Å². The van der Waals surface area contributed by atoms with E-state index < -0.39 is 0 Å². The van der Waals surface area contributed by atoms with Crippen LogP contribution < -0.4 is 10.1 Å². The molecule has 3 aromatic heterocycles. The van der Waals surface area contributed by atoms with Crippen LogP contribution in [-0.2, 0) is 0 Å². The summed E-state index contributed by atoms with van der Waals surface area (Å²) in [5.41, 5.74) is 4.33. The maximum atomic E-state index is 13.0. The van der Waals surface area contributed by atoms with Crippen LogP contribution in [0.25, 0.3) is 22.6 Å². The molecule has 4 rings (SSSR count). The molecule has 0 radical (unpaired) electrons. The SMILES string of the molecule is COc1ccccc1-c1ncccc1C(=O)Nc1nc(-c2ncccc2C)cs1.